The van der Waals surface area contributed by atoms with E-state index in [2.05, 4.69) is 10.6 Å². The molecule has 0 aliphatic carbocycles. The summed E-state index contributed by atoms with van der Waals surface area (Å²) in [4.78, 5) is 66.8. The molecule has 2 aliphatic heterocycles. The van der Waals surface area contributed by atoms with Gasteiger partial charge in [0.05, 0.1) is 18.6 Å². The van der Waals surface area contributed by atoms with Crippen LogP contribution in [0, 0.1) is 5.92 Å². The Morgan fingerprint density at radius 1 is 0.933 bits per heavy atom. The van der Waals surface area contributed by atoms with Crippen LogP contribution in [0.4, 0.5) is 4.79 Å². The fourth-order valence-corrected chi connectivity index (χ4v) is 5.13. The van der Waals surface area contributed by atoms with E-state index in [0.29, 0.717) is 13.0 Å². The number of allylic oxidation sites excluding steroid dienone is 1. The number of likely N-dealkylation sites (tertiary alicyclic amines) is 1. The van der Waals surface area contributed by atoms with E-state index in [9.17, 15) is 29.1 Å². The zero-order chi connectivity index (χ0) is 32.0. The van der Waals surface area contributed by atoms with Crippen LogP contribution in [0.3, 0.4) is 0 Å². The zero-order valence-corrected chi connectivity index (χ0v) is 25.0. The third-order valence-electron chi connectivity index (χ3n) is 7.67. The molecular weight excluding hydrogens is 582 g/mol. The van der Waals surface area contributed by atoms with Gasteiger partial charge in [-0.3, -0.25) is 9.59 Å². The second kappa shape index (κ2) is 17.0. The molecule has 2 aromatic carbocycles. The number of cyclic esters (lactones) is 1. The highest BCUT2D eigenvalue weighted by Gasteiger charge is 2.34. The summed E-state index contributed by atoms with van der Waals surface area (Å²) >= 11 is 0. The standard InChI is InChI=1S/C33H39N3O9/c37-19-26-15-9-17-36(26)29(38)18-25-14-7-8-16-27(35-33(42)45-21-24-12-5-2-6-13-24)31(40)44-22-28(34-30(25)39)32(41)43-20-23-10-3-1-4-11-23/h1-8,10-13,25-28,37H,9,14-22H2,(H,34,39)(H,35,42). The summed E-state index contributed by atoms with van der Waals surface area (Å²) < 4.78 is 16.1. The SMILES string of the molecule is O=C(NC1CC=CCC(CC(=O)N2CCCC2CO)C(=O)NC(C(=O)OCc2ccccc2)COC1=O)OCc1ccccc1. The molecule has 2 heterocycles. The van der Waals surface area contributed by atoms with Crippen molar-refractivity contribution in [3.63, 3.8) is 0 Å². The van der Waals surface area contributed by atoms with Crippen LogP contribution in [0.2, 0.25) is 0 Å². The summed E-state index contributed by atoms with van der Waals surface area (Å²) in [6, 6.07) is 15.2. The average molecular weight is 622 g/mol. The maximum absolute atomic E-state index is 13.4. The number of carbonyl (C=O) groups is 5. The number of aliphatic hydroxyl groups is 1. The molecule has 3 amide bonds. The highest BCUT2D eigenvalue weighted by molar-refractivity contribution is 5.90. The van der Waals surface area contributed by atoms with Crippen LogP contribution < -0.4 is 10.6 Å². The number of hydrogen-bond donors (Lipinski definition) is 3. The van der Waals surface area contributed by atoms with E-state index >= 15 is 0 Å². The smallest absolute Gasteiger partial charge is 0.408 e. The third kappa shape index (κ3) is 10.2. The van der Waals surface area contributed by atoms with Gasteiger partial charge in [0.1, 0.15) is 25.9 Å². The van der Waals surface area contributed by atoms with Crippen molar-refractivity contribution in [1.82, 2.24) is 15.5 Å². The van der Waals surface area contributed by atoms with Gasteiger partial charge in [0, 0.05) is 13.0 Å². The highest BCUT2D eigenvalue weighted by atomic mass is 16.6. The number of hydrogen-bond acceptors (Lipinski definition) is 9. The Morgan fingerprint density at radius 3 is 2.24 bits per heavy atom. The Balaban J connectivity index is 1.47. The molecule has 0 bridgehead atoms. The van der Waals surface area contributed by atoms with E-state index < -0.39 is 48.5 Å². The number of nitrogens with one attached hydrogen (secondary N) is 2. The Kier molecular flexibility index (Phi) is 12.5. The number of nitrogens with zero attached hydrogens (tertiary/aromatic N) is 1. The van der Waals surface area contributed by atoms with E-state index in [1.54, 1.807) is 53.5 Å². The lowest BCUT2D eigenvalue weighted by molar-refractivity contribution is -0.156. The molecule has 12 heteroatoms. The maximum Gasteiger partial charge on any atom is 0.408 e. The molecule has 4 rings (SSSR count). The molecule has 0 spiro atoms. The Morgan fingerprint density at radius 2 is 1.58 bits per heavy atom. The van der Waals surface area contributed by atoms with Crippen molar-refractivity contribution in [2.75, 3.05) is 19.8 Å². The number of benzene rings is 2. The molecule has 240 valence electrons. The van der Waals surface area contributed by atoms with Gasteiger partial charge in [-0.05, 0) is 36.8 Å². The summed E-state index contributed by atoms with van der Waals surface area (Å²) in [6.45, 7) is -0.300. The van der Waals surface area contributed by atoms with Gasteiger partial charge in [0.2, 0.25) is 11.8 Å². The summed E-state index contributed by atoms with van der Waals surface area (Å²) in [6.07, 6.45) is 3.87. The van der Waals surface area contributed by atoms with Crippen LogP contribution in [-0.4, -0.2) is 77.7 Å². The largest absolute Gasteiger partial charge is 0.461 e. The van der Waals surface area contributed by atoms with Crippen molar-refractivity contribution in [3.8, 4) is 0 Å². The summed E-state index contributed by atoms with van der Waals surface area (Å²) in [5, 5.41) is 14.8. The number of aliphatic hydroxyl groups excluding tert-OH is 1. The lowest BCUT2D eigenvalue weighted by atomic mass is 9.97. The number of amides is 3. The van der Waals surface area contributed by atoms with Crippen molar-refractivity contribution >= 4 is 29.8 Å². The quantitative estimate of drug-likeness (QED) is 0.217. The van der Waals surface area contributed by atoms with Crippen LogP contribution >= 0.6 is 0 Å². The molecule has 0 saturated carbocycles. The van der Waals surface area contributed by atoms with Crippen molar-refractivity contribution < 1.29 is 43.3 Å². The number of carbonyl (C=O) groups excluding carboxylic acids is 5. The lowest BCUT2D eigenvalue weighted by Crippen LogP contribution is -2.50. The van der Waals surface area contributed by atoms with Gasteiger partial charge in [0.15, 0.2) is 6.04 Å². The van der Waals surface area contributed by atoms with E-state index in [1.165, 1.54) is 0 Å². The van der Waals surface area contributed by atoms with Crippen LogP contribution in [0.5, 0.6) is 0 Å². The molecule has 0 radical (unpaired) electrons. The van der Waals surface area contributed by atoms with Gasteiger partial charge in [0.25, 0.3) is 0 Å². The lowest BCUT2D eigenvalue weighted by Gasteiger charge is -2.26. The first-order valence-electron chi connectivity index (χ1n) is 15.0. The molecule has 45 heavy (non-hydrogen) atoms. The van der Waals surface area contributed by atoms with Crippen molar-refractivity contribution in [2.24, 2.45) is 5.92 Å². The van der Waals surface area contributed by atoms with Gasteiger partial charge >= 0.3 is 18.0 Å². The van der Waals surface area contributed by atoms with Gasteiger partial charge in [-0.15, -0.1) is 0 Å². The van der Waals surface area contributed by atoms with Crippen molar-refractivity contribution in [1.29, 1.82) is 0 Å². The highest BCUT2D eigenvalue weighted by Crippen LogP contribution is 2.21. The fraction of sp³-hybridized carbons (Fsp3) is 0.424. The minimum Gasteiger partial charge on any atom is -0.461 e. The zero-order valence-electron chi connectivity index (χ0n) is 25.0. The Labute approximate surface area is 261 Å². The molecule has 0 aromatic heterocycles. The van der Waals surface area contributed by atoms with Gasteiger partial charge < -0.3 is 34.9 Å². The van der Waals surface area contributed by atoms with E-state index in [-0.39, 0.29) is 51.0 Å². The molecule has 4 atom stereocenters. The monoisotopic (exact) mass is 621 g/mol. The normalized spacial score (nSPS) is 22.3. The van der Waals surface area contributed by atoms with E-state index in [1.807, 2.05) is 24.3 Å². The average Bonchev–Trinajstić information content (AvgIpc) is 3.55. The molecule has 2 aromatic rings. The number of esters is 2. The van der Waals surface area contributed by atoms with Gasteiger partial charge in [-0.25, -0.2) is 14.4 Å². The predicted octanol–water partition coefficient (Wildman–Crippen LogP) is 2.39. The van der Waals surface area contributed by atoms with Gasteiger partial charge in [-0.1, -0.05) is 72.8 Å². The first kappa shape index (κ1) is 33.2. The Hall–Kier alpha value is -4.71. The van der Waals surface area contributed by atoms with Crippen LogP contribution in [-0.2, 0) is 46.6 Å². The molecule has 12 nitrogen and oxygen atoms in total. The first-order valence-corrected chi connectivity index (χ1v) is 15.0. The predicted molar refractivity (Wildman–Crippen MR) is 161 cm³/mol. The second-order valence-corrected chi connectivity index (χ2v) is 11.0. The fourth-order valence-electron chi connectivity index (χ4n) is 5.13. The number of alkyl carbamates (subject to hydrolysis) is 1. The molecule has 4 unspecified atom stereocenters. The first-order chi connectivity index (χ1) is 21.8. The topological polar surface area (TPSA) is 161 Å². The van der Waals surface area contributed by atoms with E-state index in [4.69, 9.17) is 14.2 Å². The van der Waals surface area contributed by atoms with E-state index in [0.717, 1.165) is 17.5 Å². The van der Waals surface area contributed by atoms with Crippen LogP contribution in [0.25, 0.3) is 0 Å². The number of ether oxygens (including phenoxy) is 3. The minimum absolute atomic E-state index is 0.00446. The maximum atomic E-state index is 13.4. The van der Waals surface area contributed by atoms with Crippen LogP contribution in [0.15, 0.2) is 72.8 Å². The molecule has 3 N–H and O–H groups in total. The second-order valence-electron chi connectivity index (χ2n) is 11.0. The van der Waals surface area contributed by atoms with Crippen molar-refractivity contribution in [3.05, 3.63) is 83.9 Å². The molecule has 1 saturated heterocycles. The molecule has 2 aliphatic rings. The molecular formula is C33H39N3O9. The third-order valence-corrected chi connectivity index (χ3v) is 7.67. The summed E-state index contributed by atoms with van der Waals surface area (Å²) in [5.41, 5.74) is 1.49. The summed E-state index contributed by atoms with van der Waals surface area (Å²) in [5.74, 6) is -3.37. The minimum atomic E-state index is -1.37. The van der Waals surface area contributed by atoms with Gasteiger partial charge in [-0.2, -0.15) is 0 Å². The number of rotatable bonds is 9. The molecule has 1 fully saturated rings. The summed E-state index contributed by atoms with van der Waals surface area (Å²) in [7, 11) is 0. The van der Waals surface area contributed by atoms with Crippen molar-refractivity contribution in [2.45, 2.75) is 63.4 Å². The Bertz CT molecular complexity index is 1340. The van der Waals surface area contributed by atoms with Crippen LogP contribution in [0.1, 0.15) is 43.2 Å².